The summed E-state index contributed by atoms with van der Waals surface area (Å²) in [5.41, 5.74) is 1.19. The fourth-order valence-corrected chi connectivity index (χ4v) is 2.88. The molecule has 106 valence electrons. The van der Waals surface area contributed by atoms with Gasteiger partial charge in [-0.1, -0.05) is 22.9 Å². The predicted molar refractivity (Wildman–Crippen MR) is 85.8 cm³/mol. The van der Waals surface area contributed by atoms with Gasteiger partial charge in [-0.25, -0.2) is 0 Å². The summed E-state index contributed by atoms with van der Waals surface area (Å²) < 4.78 is 1.07. The fraction of sp³-hybridized carbons (Fsp3) is 0.500. The van der Waals surface area contributed by atoms with E-state index in [1.54, 1.807) is 11.8 Å². The molecule has 0 bridgehead atoms. The number of benzene rings is 1. The van der Waals surface area contributed by atoms with Crippen molar-refractivity contribution in [2.75, 3.05) is 25.4 Å². The van der Waals surface area contributed by atoms with Gasteiger partial charge in [-0.15, -0.1) is 11.8 Å². The summed E-state index contributed by atoms with van der Waals surface area (Å²) in [7, 11) is 0. The van der Waals surface area contributed by atoms with Crippen molar-refractivity contribution in [1.82, 2.24) is 10.6 Å². The van der Waals surface area contributed by atoms with Crippen LogP contribution < -0.4 is 10.6 Å². The van der Waals surface area contributed by atoms with E-state index in [2.05, 4.69) is 46.5 Å². The number of aryl methyl sites for hydroxylation is 1. The Bertz CT molecular complexity index is 412. The Labute approximate surface area is 128 Å². The number of amides is 1. The van der Waals surface area contributed by atoms with Crippen LogP contribution in [0.4, 0.5) is 0 Å². The predicted octanol–water partition coefficient (Wildman–Crippen LogP) is 2.97. The number of hydrogen-bond acceptors (Lipinski definition) is 3. The van der Waals surface area contributed by atoms with E-state index in [9.17, 15) is 4.79 Å². The third kappa shape index (κ3) is 6.99. The molecule has 0 unspecified atom stereocenters. The highest BCUT2D eigenvalue weighted by molar-refractivity contribution is 9.10. The molecule has 0 aromatic heterocycles. The SMILES string of the molecule is CCCNCCNC(=O)CSc1ccc(Br)cc1C. The van der Waals surface area contributed by atoms with Gasteiger partial charge in [-0.2, -0.15) is 0 Å². The van der Waals surface area contributed by atoms with Gasteiger partial charge in [0.2, 0.25) is 5.91 Å². The van der Waals surface area contributed by atoms with Crippen LogP contribution in [0.3, 0.4) is 0 Å². The Morgan fingerprint density at radius 3 is 2.79 bits per heavy atom. The molecule has 0 spiro atoms. The molecule has 0 fully saturated rings. The zero-order valence-electron chi connectivity index (χ0n) is 11.5. The highest BCUT2D eigenvalue weighted by atomic mass is 79.9. The molecular formula is C14H21BrN2OS. The van der Waals surface area contributed by atoms with Crippen LogP contribution in [0.25, 0.3) is 0 Å². The van der Waals surface area contributed by atoms with Gasteiger partial charge in [0.05, 0.1) is 5.75 Å². The van der Waals surface area contributed by atoms with Gasteiger partial charge in [-0.3, -0.25) is 4.79 Å². The first kappa shape index (κ1) is 16.5. The van der Waals surface area contributed by atoms with E-state index in [1.807, 2.05) is 12.1 Å². The molecule has 1 rings (SSSR count). The van der Waals surface area contributed by atoms with Crippen LogP contribution in [0.1, 0.15) is 18.9 Å². The second kappa shape index (κ2) is 9.39. The van der Waals surface area contributed by atoms with E-state index < -0.39 is 0 Å². The molecule has 0 aliphatic heterocycles. The smallest absolute Gasteiger partial charge is 0.230 e. The maximum atomic E-state index is 11.7. The van der Waals surface area contributed by atoms with Crippen molar-refractivity contribution < 1.29 is 4.79 Å². The summed E-state index contributed by atoms with van der Waals surface area (Å²) in [5.74, 6) is 0.557. The number of carbonyl (C=O) groups excluding carboxylic acids is 1. The number of carbonyl (C=O) groups is 1. The lowest BCUT2D eigenvalue weighted by atomic mass is 10.2. The van der Waals surface area contributed by atoms with Crippen molar-refractivity contribution >= 4 is 33.6 Å². The summed E-state index contributed by atoms with van der Waals surface area (Å²) in [4.78, 5) is 12.8. The Morgan fingerprint density at radius 2 is 2.11 bits per heavy atom. The molecule has 0 radical (unpaired) electrons. The fourth-order valence-electron chi connectivity index (χ4n) is 1.56. The molecule has 2 N–H and O–H groups in total. The average Bonchev–Trinajstić information content (AvgIpc) is 2.37. The van der Waals surface area contributed by atoms with Crippen LogP contribution in [-0.4, -0.2) is 31.3 Å². The number of nitrogens with one attached hydrogen (secondary N) is 2. The first-order chi connectivity index (χ1) is 9.13. The summed E-state index contributed by atoms with van der Waals surface area (Å²) in [6, 6.07) is 6.11. The molecule has 1 amide bonds. The van der Waals surface area contributed by atoms with Gasteiger partial charge in [0.15, 0.2) is 0 Å². The van der Waals surface area contributed by atoms with Crippen LogP contribution in [0.5, 0.6) is 0 Å². The minimum absolute atomic E-state index is 0.0885. The van der Waals surface area contributed by atoms with Crippen LogP contribution >= 0.6 is 27.7 Å². The standard InChI is InChI=1S/C14H21BrN2OS/c1-3-6-16-7-8-17-14(18)10-19-13-5-4-12(15)9-11(13)2/h4-5,9,16H,3,6-8,10H2,1-2H3,(H,17,18). The number of rotatable bonds is 8. The lowest BCUT2D eigenvalue weighted by molar-refractivity contribution is -0.118. The van der Waals surface area contributed by atoms with E-state index in [0.29, 0.717) is 12.3 Å². The second-order valence-electron chi connectivity index (χ2n) is 4.30. The van der Waals surface area contributed by atoms with Crippen LogP contribution in [0.2, 0.25) is 0 Å². The van der Waals surface area contributed by atoms with Gasteiger partial charge in [0.25, 0.3) is 0 Å². The highest BCUT2D eigenvalue weighted by Gasteiger charge is 2.04. The van der Waals surface area contributed by atoms with Crippen molar-refractivity contribution in [3.05, 3.63) is 28.2 Å². The van der Waals surface area contributed by atoms with Crippen molar-refractivity contribution in [1.29, 1.82) is 0 Å². The summed E-state index contributed by atoms with van der Waals surface area (Å²) in [5, 5.41) is 6.16. The highest BCUT2D eigenvalue weighted by Crippen LogP contribution is 2.24. The van der Waals surface area contributed by atoms with E-state index in [4.69, 9.17) is 0 Å². The minimum atomic E-state index is 0.0885. The molecule has 1 aromatic rings. The molecular weight excluding hydrogens is 324 g/mol. The topological polar surface area (TPSA) is 41.1 Å². The first-order valence-corrected chi connectivity index (χ1v) is 8.27. The summed E-state index contributed by atoms with van der Waals surface area (Å²) in [6.45, 7) is 6.71. The van der Waals surface area contributed by atoms with Crippen LogP contribution in [0.15, 0.2) is 27.6 Å². The molecule has 1 aromatic carbocycles. The van der Waals surface area contributed by atoms with E-state index in [1.165, 1.54) is 5.56 Å². The Hall–Kier alpha value is -0.520. The lowest BCUT2D eigenvalue weighted by Crippen LogP contribution is -2.33. The Morgan fingerprint density at radius 1 is 1.32 bits per heavy atom. The van der Waals surface area contributed by atoms with Gasteiger partial charge in [-0.05, 0) is 43.7 Å². The molecule has 3 nitrogen and oxygen atoms in total. The number of halogens is 1. The molecule has 0 saturated heterocycles. The Balaban J connectivity index is 2.22. The van der Waals surface area contributed by atoms with Crippen molar-refractivity contribution in [3.8, 4) is 0 Å². The van der Waals surface area contributed by atoms with Crippen molar-refractivity contribution in [2.24, 2.45) is 0 Å². The molecule has 5 heteroatoms. The zero-order chi connectivity index (χ0) is 14.1. The second-order valence-corrected chi connectivity index (χ2v) is 6.23. The molecule has 0 saturated carbocycles. The Kier molecular flexibility index (Phi) is 8.18. The van der Waals surface area contributed by atoms with Crippen molar-refractivity contribution in [2.45, 2.75) is 25.2 Å². The van der Waals surface area contributed by atoms with Gasteiger partial charge < -0.3 is 10.6 Å². The summed E-state index contributed by atoms with van der Waals surface area (Å²) >= 11 is 5.01. The molecule has 0 aliphatic carbocycles. The van der Waals surface area contributed by atoms with Gasteiger partial charge in [0, 0.05) is 22.5 Å². The molecule has 0 heterocycles. The quantitative estimate of drug-likeness (QED) is 0.562. The third-order valence-electron chi connectivity index (χ3n) is 2.55. The first-order valence-electron chi connectivity index (χ1n) is 6.50. The van der Waals surface area contributed by atoms with Gasteiger partial charge >= 0.3 is 0 Å². The number of thioether (sulfide) groups is 1. The van der Waals surface area contributed by atoms with E-state index in [-0.39, 0.29) is 5.91 Å². The van der Waals surface area contributed by atoms with Crippen LogP contribution in [-0.2, 0) is 4.79 Å². The zero-order valence-corrected chi connectivity index (χ0v) is 13.9. The summed E-state index contributed by atoms with van der Waals surface area (Å²) in [6.07, 6.45) is 1.12. The van der Waals surface area contributed by atoms with Crippen LogP contribution in [0, 0.1) is 6.92 Å². The molecule has 19 heavy (non-hydrogen) atoms. The number of hydrogen-bond donors (Lipinski definition) is 2. The van der Waals surface area contributed by atoms with E-state index in [0.717, 1.165) is 28.9 Å². The molecule has 0 aliphatic rings. The lowest BCUT2D eigenvalue weighted by Gasteiger charge is -2.07. The maximum absolute atomic E-state index is 11.7. The average molecular weight is 345 g/mol. The monoisotopic (exact) mass is 344 g/mol. The van der Waals surface area contributed by atoms with Gasteiger partial charge in [0.1, 0.15) is 0 Å². The maximum Gasteiger partial charge on any atom is 0.230 e. The largest absolute Gasteiger partial charge is 0.354 e. The van der Waals surface area contributed by atoms with E-state index >= 15 is 0 Å². The third-order valence-corrected chi connectivity index (χ3v) is 4.22. The minimum Gasteiger partial charge on any atom is -0.354 e. The van der Waals surface area contributed by atoms with Crippen molar-refractivity contribution in [3.63, 3.8) is 0 Å². The molecule has 0 atom stereocenters. The normalized spacial score (nSPS) is 10.5.